The maximum absolute atomic E-state index is 9.74. The molecule has 8 aromatic rings. The first-order valence-electron chi connectivity index (χ1n) is 30.2. The van der Waals surface area contributed by atoms with Gasteiger partial charge in [-0.15, -0.1) is 0 Å². The number of benzene rings is 8. The third kappa shape index (κ3) is 4.53. The van der Waals surface area contributed by atoms with Crippen molar-refractivity contribution in [1.29, 1.82) is 0 Å². The molecule has 0 aromatic heterocycles. The molecular formula is C48H36O. The Balaban J connectivity index is 1.37. The summed E-state index contributed by atoms with van der Waals surface area (Å²) in [7, 11) is 0. The number of hydrogen-bond acceptors (Lipinski definition) is 1. The highest BCUT2D eigenvalue weighted by Crippen LogP contribution is 2.55. The molecule has 0 bridgehead atoms. The predicted octanol–water partition coefficient (Wildman–Crippen LogP) is 13.0. The molecule has 0 saturated heterocycles. The van der Waals surface area contributed by atoms with E-state index in [1.54, 1.807) is 0 Å². The summed E-state index contributed by atoms with van der Waals surface area (Å²) in [5.74, 6) is -4.13. The summed E-state index contributed by atoms with van der Waals surface area (Å²) in [6.45, 7) is 0. The monoisotopic (exact) mass is 658 g/mol. The van der Waals surface area contributed by atoms with E-state index in [4.69, 9.17) is 30.8 Å². The molecule has 8 aromatic carbocycles. The van der Waals surface area contributed by atoms with Crippen LogP contribution in [0.5, 0.6) is 5.75 Å². The van der Waals surface area contributed by atoms with E-state index in [2.05, 4.69) is 0 Å². The van der Waals surface area contributed by atoms with Crippen LogP contribution in [0.25, 0.3) is 65.7 Å². The summed E-state index contributed by atoms with van der Waals surface area (Å²) >= 11 is 0. The van der Waals surface area contributed by atoms with Crippen molar-refractivity contribution in [3.05, 3.63) is 174 Å². The van der Waals surface area contributed by atoms with Gasteiger partial charge in [-0.2, -0.15) is 0 Å². The molecule has 0 amide bonds. The Labute approximate surface area is 329 Å². The number of ether oxygens (including phenoxy) is 1. The van der Waals surface area contributed by atoms with Gasteiger partial charge in [0.1, 0.15) is 11.9 Å². The van der Waals surface area contributed by atoms with Crippen molar-refractivity contribution in [2.75, 3.05) is 0 Å². The van der Waals surface area contributed by atoms with Gasteiger partial charge in [-0.25, -0.2) is 0 Å². The van der Waals surface area contributed by atoms with Gasteiger partial charge in [0.2, 0.25) is 0 Å². The first-order chi connectivity index (χ1) is 36.8. The predicted molar refractivity (Wildman–Crippen MR) is 205 cm³/mol. The Morgan fingerprint density at radius 2 is 0.980 bits per heavy atom. The van der Waals surface area contributed by atoms with E-state index in [1.165, 1.54) is 0 Å². The van der Waals surface area contributed by atoms with Crippen molar-refractivity contribution in [2.45, 2.75) is 37.1 Å². The molecular weight excluding hydrogens is 593 g/mol. The van der Waals surface area contributed by atoms with Crippen molar-refractivity contribution >= 4 is 32.3 Å². The molecule has 1 aliphatic carbocycles. The van der Waals surface area contributed by atoms with Crippen molar-refractivity contribution < 1.29 is 45.9 Å². The molecule has 1 heteroatoms. The van der Waals surface area contributed by atoms with E-state index in [-0.39, 0.29) is 5.56 Å². The second kappa shape index (κ2) is 11.5. The van der Waals surface area contributed by atoms with Crippen LogP contribution in [0.1, 0.15) is 83.3 Å². The van der Waals surface area contributed by atoms with Crippen molar-refractivity contribution in [3.8, 4) is 39.1 Å². The van der Waals surface area contributed by atoms with Gasteiger partial charge in [0, 0.05) is 21.5 Å². The summed E-state index contributed by atoms with van der Waals surface area (Å²) in [6.07, 6.45) is -7.51. The Morgan fingerprint density at radius 3 is 1.71 bits per heavy atom. The van der Waals surface area contributed by atoms with Gasteiger partial charge >= 0.3 is 0 Å². The van der Waals surface area contributed by atoms with Crippen LogP contribution in [0.3, 0.4) is 0 Å². The quantitative estimate of drug-likeness (QED) is 0.171. The third-order valence-corrected chi connectivity index (χ3v) is 8.74. The Kier molecular flexibility index (Phi) is 2.69. The number of hydrogen-bond donors (Lipinski definition) is 0. The van der Waals surface area contributed by atoms with E-state index in [0.29, 0.717) is 0 Å². The van der Waals surface area contributed by atoms with Crippen LogP contribution in [0, 0.1) is 0 Å². The minimum atomic E-state index is -1.97. The lowest BCUT2D eigenvalue weighted by Gasteiger charge is -2.35. The Morgan fingerprint density at radius 1 is 0.449 bits per heavy atom. The maximum Gasteiger partial charge on any atom is 0.124 e. The summed E-state index contributed by atoms with van der Waals surface area (Å²) in [5.41, 5.74) is -5.24. The highest BCUT2D eigenvalue weighted by atomic mass is 16.5. The largest absolute Gasteiger partial charge is 0.489 e. The molecule has 1 heterocycles. The zero-order chi connectivity index (χ0) is 58.4. The molecule has 1 nitrogen and oxygen atoms in total. The van der Waals surface area contributed by atoms with Gasteiger partial charge in [0.25, 0.3) is 0 Å². The van der Waals surface area contributed by atoms with Gasteiger partial charge < -0.3 is 4.74 Å². The average molecular weight is 659 g/mol. The van der Waals surface area contributed by atoms with Gasteiger partial charge in [-0.3, -0.25) is 0 Å². The van der Waals surface area contributed by atoms with Crippen molar-refractivity contribution in [1.82, 2.24) is 0 Å². The Bertz CT molecular complexity index is 4030. The zero-order valence-electron chi connectivity index (χ0n) is 54.9. The highest BCUT2D eigenvalue weighted by Gasteiger charge is 2.44. The first kappa shape index (κ1) is 11.5. The molecule has 2 aliphatic rings. The molecule has 0 N–H and O–H groups in total. The summed E-state index contributed by atoms with van der Waals surface area (Å²) in [4.78, 5) is 0. The molecule has 6 atom stereocenters. The third-order valence-electron chi connectivity index (χ3n) is 8.74. The highest BCUT2D eigenvalue weighted by molar-refractivity contribution is 6.15. The van der Waals surface area contributed by atoms with E-state index in [1.807, 2.05) is 0 Å². The van der Waals surface area contributed by atoms with Crippen LogP contribution >= 0.6 is 0 Å². The van der Waals surface area contributed by atoms with Crippen LogP contribution in [0.15, 0.2) is 163 Å². The van der Waals surface area contributed by atoms with Crippen LogP contribution in [0.4, 0.5) is 0 Å². The second-order valence-corrected chi connectivity index (χ2v) is 11.2. The minimum Gasteiger partial charge on any atom is -0.489 e. The Hall–Kier alpha value is -5.66. The van der Waals surface area contributed by atoms with E-state index < -0.39 is 277 Å². The first-order valence-corrected chi connectivity index (χ1v) is 15.0. The van der Waals surface area contributed by atoms with Crippen LogP contribution in [0.2, 0.25) is 0 Å². The number of rotatable bonds is 4. The molecule has 1 saturated carbocycles. The fraction of sp³-hybridized carbons (Fsp3) is 0.125. The van der Waals surface area contributed by atoms with Crippen LogP contribution < -0.4 is 4.74 Å². The second-order valence-electron chi connectivity index (χ2n) is 11.2. The van der Waals surface area contributed by atoms with E-state index in [9.17, 15) is 15.1 Å². The van der Waals surface area contributed by atoms with Crippen molar-refractivity contribution in [2.24, 2.45) is 0 Å². The standard InChI is InChI=1S/C48H36O/c1-2-13-32(14-3-1)37-23-12-26-44-47(37)43-25-11-24-42(48(43)49-44)46-40-20-8-6-18-38(40)45(39-19-7-9-21-41(39)46)34-29-27-33(28-30-34)36-22-10-16-31-15-4-5-17-35(31)36/h1-10,12-23,26-30,42-43,48H,11,24-25H2/i1D,2D,3D,4D,5D,6D,7D,8D,9D,10D,11D,12D,13D,14D,15D,16D,17D,18D,19D,20D,21D,22D,23D,24D,25D,26D,27D,28D,29D,30D. The molecule has 1 fully saturated rings. The smallest absolute Gasteiger partial charge is 0.124 e. The molecule has 0 radical (unpaired) electrons. The lowest BCUT2D eigenvalue weighted by Crippen LogP contribution is -2.31. The van der Waals surface area contributed by atoms with Gasteiger partial charge in [-0.05, 0) is 90.1 Å². The molecule has 6 unspecified atom stereocenters. The zero-order valence-corrected chi connectivity index (χ0v) is 24.9. The number of fused-ring (bicyclic) bond motifs is 6. The van der Waals surface area contributed by atoms with Gasteiger partial charge in [0.05, 0.1) is 37.0 Å². The molecule has 49 heavy (non-hydrogen) atoms. The van der Waals surface area contributed by atoms with E-state index >= 15 is 0 Å². The summed E-state index contributed by atoms with van der Waals surface area (Å²) in [6, 6.07) is -25.1. The van der Waals surface area contributed by atoms with Gasteiger partial charge in [-0.1, -0.05) is 163 Å². The molecule has 234 valence electrons. The van der Waals surface area contributed by atoms with Crippen LogP contribution in [-0.4, -0.2) is 6.10 Å². The lowest BCUT2D eigenvalue weighted by atomic mass is 9.70. The topological polar surface area (TPSA) is 9.23 Å². The van der Waals surface area contributed by atoms with Crippen molar-refractivity contribution in [3.63, 3.8) is 0 Å². The molecule has 1 aliphatic heterocycles. The SMILES string of the molecule is [2H]c1c([2H])c([2H])c(-c2c([2H])c([2H])c([2H])c3c2C2C([2H])C([2H])C([2H])C(c4c5c([2H])c([2H])c([2H])c([2H])c5c(-c5c([2H])c([2H])c(-c6c([2H])c([2H])c([2H])c7c([2H])c([2H])c([2H])c([2H])c67)c([2H])c5[2H])c5c([2H])c([2H])c([2H])c([2H])c45)C2O3)c([2H])c1[2H]. The van der Waals surface area contributed by atoms with Crippen LogP contribution in [-0.2, 0) is 0 Å². The molecule has 0 spiro atoms. The lowest BCUT2D eigenvalue weighted by molar-refractivity contribution is 0.139. The fourth-order valence-corrected chi connectivity index (χ4v) is 6.73. The summed E-state index contributed by atoms with van der Waals surface area (Å²) < 4.78 is 277. The van der Waals surface area contributed by atoms with E-state index in [0.717, 1.165) is 0 Å². The normalized spacial score (nSPS) is 31.4. The summed E-state index contributed by atoms with van der Waals surface area (Å²) in [5, 5.41) is -4.00. The average Bonchev–Trinajstić information content (AvgIpc) is 3.81. The maximum atomic E-state index is 9.74. The molecule has 10 rings (SSSR count). The minimum absolute atomic E-state index is 0.351. The van der Waals surface area contributed by atoms with Gasteiger partial charge in [0.15, 0.2) is 0 Å². The fourth-order valence-electron chi connectivity index (χ4n) is 6.73.